The number of nitrogens with zero attached hydrogens (tertiary/aromatic N) is 1. The average molecular weight is 447 g/mol. The third kappa shape index (κ3) is 4.26. The molecule has 5 nitrogen and oxygen atoms in total. The van der Waals surface area contributed by atoms with E-state index in [0.717, 1.165) is 34.4 Å². The van der Waals surface area contributed by atoms with Crippen molar-refractivity contribution in [2.75, 3.05) is 11.9 Å². The predicted octanol–water partition coefficient (Wildman–Crippen LogP) is 5.60. The molecule has 0 fully saturated rings. The fourth-order valence-electron chi connectivity index (χ4n) is 4.22. The summed E-state index contributed by atoms with van der Waals surface area (Å²) < 4.78 is 32.8. The summed E-state index contributed by atoms with van der Waals surface area (Å²) in [5, 5.41) is 4.37. The summed E-state index contributed by atoms with van der Waals surface area (Å²) in [5.74, 6) is 0.141. The molecular formula is C26H23F2N3O2. The van der Waals surface area contributed by atoms with Crippen LogP contribution in [0.3, 0.4) is 0 Å². The van der Waals surface area contributed by atoms with Crippen LogP contribution < -0.4 is 15.5 Å². The highest BCUT2D eigenvalue weighted by atomic mass is 19.1. The van der Waals surface area contributed by atoms with E-state index in [1.807, 2.05) is 32.0 Å². The molecule has 0 saturated carbocycles. The van der Waals surface area contributed by atoms with Crippen LogP contribution in [0.15, 0.2) is 66.7 Å². The highest BCUT2D eigenvalue weighted by Gasteiger charge is 2.31. The Hall–Kier alpha value is -3.87. The lowest BCUT2D eigenvalue weighted by atomic mass is 10.0. The number of nitrogens with one attached hydrogen (secondary N) is 2. The number of urea groups is 1. The van der Waals surface area contributed by atoms with Gasteiger partial charge in [-0.2, -0.15) is 0 Å². The molecule has 2 heterocycles. The number of carbonyl (C=O) groups is 1. The largest absolute Gasteiger partial charge is 0.487 e. The topological polar surface area (TPSA) is 53.6 Å². The van der Waals surface area contributed by atoms with Gasteiger partial charge in [-0.25, -0.2) is 18.6 Å². The summed E-state index contributed by atoms with van der Waals surface area (Å²) in [4.78, 5) is 13.1. The predicted molar refractivity (Wildman–Crippen MR) is 123 cm³/mol. The number of halogens is 2. The molecule has 0 unspecified atom stereocenters. The Bertz CT molecular complexity index is 1190. The second kappa shape index (κ2) is 7.92. The molecule has 2 amide bonds. The van der Waals surface area contributed by atoms with Crippen LogP contribution in [0.5, 0.6) is 5.75 Å². The maximum Gasteiger partial charge on any atom is 0.340 e. The molecule has 5 rings (SSSR count). The summed E-state index contributed by atoms with van der Waals surface area (Å²) in [6.07, 6.45) is 0.763. The molecule has 0 bridgehead atoms. The van der Waals surface area contributed by atoms with Crippen molar-refractivity contribution < 1.29 is 18.3 Å². The highest BCUT2D eigenvalue weighted by molar-refractivity contribution is 5.98. The summed E-state index contributed by atoms with van der Waals surface area (Å²) in [6.45, 7) is 4.31. The number of benzene rings is 3. The number of fused-ring (bicyclic) bond motifs is 1. The van der Waals surface area contributed by atoms with E-state index < -0.39 is 0 Å². The number of hydrogen-bond acceptors (Lipinski definition) is 3. The third-order valence-electron chi connectivity index (χ3n) is 5.75. The summed E-state index contributed by atoms with van der Waals surface area (Å²) in [6, 6.07) is 17.4. The average Bonchev–Trinajstić information content (AvgIpc) is 3.34. The molecule has 0 atom stereocenters. The van der Waals surface area contributed by atoms with Crippen LogP contribution >= 0.6 is 0 Å². The van der Waals surface area contributed by atoms with Crippen molar-refractivity contribution in [3.05, 3.63) is 95.1 Å². The Morgan fingerprint density at radius 1 is 0.970 bits per heavy atom. The van der Waals surface area contributed by atoms with Crippen molar-refractivity contribution >= 4 is 23.0 Å². The van der Waals surface area contributed by atoms with E-state index >= 15 is 0 Å². The molecule has 2 aliphatic heterocycles. The quantitative estimate of drug-likeness (QED) is 0.550. The van der Waals surface area contributed by atoms with Crippen LogP contribution in [0.4, 0.5) is 19.3 Å². The monoisotopic (exact) mass is 447 g/mol. The zero-order valence-electron chi connectivity index (χ0n) is 18.3. The molecule has 168 valence electrons. The van der Waals surface area contributed by atoms with Gasteiger partial charge in [0.2, 0.25) is 0 Å². The molecule has 0 aliphatic carbocycles. The fourth-order valence-corrected chi connectivity index (χ4v) is 4.22. The lowest BCUT2D eigenvalue weighted by Gasteiger charge is -2.19. The fraction of sp³-hybridized carbons (Fsp3) is 0.192. The number of hydrogen-bond donors (Lipinski definition) is 2. The molecular weight excluding hydrogens is 424 g/mol. The standard InChI is InChI=1S/C26H23F2N3O2/c1-26(2)14-18-13-21(11-12-23(18)33-26)29-25(32)31-15-22(16-3-7-19(27)8-4-16)24(30-31)17-5-9-20(28)10-6-17/h3-13,30H,14-15H2,1-2H3,(H,29,32). The van der Waals surface area contributed by atoms with Gasteiger partial charge in [0.25, 0.3) is 0 Å². The Morgan fingerprint density at radius 2 is 1.61 bits per heavy atom. The first-order valence-electron chi connectivity index (χ1n) is 10.7. The van der Waals surface area contributed by atoms with Crippen molar-refractivity contribution in [2.45, 2.75) is 25.9 Å². The molecule has 2 aliphatic rings. The number of amides is 2. The van der Waals surface area contributed by atoms with E-state index in [1.54, 1.807) is 24.3 Å². The summed E-state index contributed by atoms with van der Waals surface area (Å²) in [7, 11) is 0. The number of carbonyl (C=O) groups excluding carboxylic acids is 1. The second-order valence-corrected chi connectivity index (χ2v) is 8.86. The first-order valence-corrected chi connectivity index (χ1v) is 10.7. The van der Waals surface area contributed by atoms with E-state index in [-0.39, 0.29) is 29.8 Å². The first-order chi connectivity index (χ1) is 15.8. The van der Waals surface area contributed by atoms with Crippen LogP contribution in [0, 0.1) is 11.6 Å². The van der Waals surface area contributed by atoms with Gasteiger partial charge in [-0.3, -0.25) is 5.43 Å². The van der Waals surface area contributed by atoms with Crippen molar-refractivity contribution in [3.8, 4) is 5.75 Å². The Balaban J connectivity index is 1.39. The summed E-state index contributed by atoms with van der Waals surface area (Å²) in [5.41, 5.74) is 7.56. The molecule has 3 aromatic rings. The Kier molecular flexibility index (Phi) is 5.04. The van der Waals surface area contributed by atoms with E-state index in [1.165, 1.54) is 29.3 Å². The highest BCUT2D eigenvalue weighted by Crippen LogP contribution is 2.36. The molecule has 0 spiro atoms. The Morgan fingerprint density at radius 3 is 2.27 bits per heavy atom. The molecule has 0 aromatic heterocycles. The van der Waals surface area contributed by atoms with Gasteiger partial charge in [0.1, 0.15) is 23.0 Å². The van der Waals surface area contributed by atoms with Gasteiger partial charge in [0.15, 0.2) is 0 Å². The molecule has 3 aromatic carbocycles. The Labute approximate surface area is 190 Å². The van der Waals surface area contributed by atoms with Crippen LogP contribution in [0.1, 0.15) is 30.5 Å². The zero-order valence-corrected chi connectivity index (χ0v) is 18.3. The first kappa shape index (κ1) is 21.0. The van der Waals surface area contributed by atoms with Gasteiger partial charge in [-0.05, 0) is 79.6 Å². The normalized spacial score (nSPS) is 16.3. The van der Waals surface area contributed by atoms with Gasteiger partial charge < -0.3 is 10.1 Å². The van der Waals surface area contributed by atoms with Crippen molar-refractivity contribution in [2.24, 2.45) is 0 Å². The van der Waals surface area contributed by atoms with Gasteiger partial charge in [0, 0.05) is 23.2 Å². The number of rotatable bonds is 3. The van der Waals surface area contributed by atoms with E-state index in [9.17, 15) is 13.6 Å². The van der Waals surface area contributed by atoms with Crippen LogP contribution in [0.2, 0.25) is 0 Å². The van der Waals surface area contributed by atoms with Gasteiger partial charge >= 0.3 is 6.03 Å². The SMILES string of the molecule is CC1(C)Cc2cc(NC(=O)N3CC(c4ccc(F)cc4)=C(c4ccc(F)cc4)N3)ccc2O1. The van der Waals surface area contributed by atoms with Crippen molar-refractivity contribution in [1.82, 2.24) is 10.4 Å². The van der Waals surface area contributed by atoms with Crippen molar-refractivity contribution in [1.29, 1.82) is 0 Å². The maximum atomic E-state index is 13.5. The summed E-state index contributed by atoms with van der Waals surface area (Å²) >= 11 is 0. The van der Waals surface area contributed by atoms with E-state index in [4.69, 9.17) is 4.74 Å². The van der Waals surface area contributed by atoms with Crippen LogP contribution in [0.25, 0.3) is 11.3 Å². The second-order valence-electron chi connectivity index (χ2n) is 8.86. The molecule has 7 heteroatoms. The number of hydrazine groups is 1. The van der Waals surface area contributed by atoms with Crippen LogP contribution in [-0.2, 0) is 6.42 Å². The van der Waals surface area contributed by atoms with Crippen LogP contribution in [-0.4, -0.2) is 23.2 Å². The number of anilines is 1. The van der Waals surface area contributed by atoms with Gasteiger partial charge in [-0.15, -0.1) is 0 Å². The molecule has 33 heavy (non-hydrogen) atoms. The lowest BCUT2D eigenvalue weighted by molar-refractivity contribution is 0.138. The minimum absolute atomic E-state index is 0.255. The molecule has 0 radical (unpaired) electrons. The molecule has 0 saturated heterocycles. The van der Waals surface area contributed by atoms with E-state index in [2.05, 4.69) is 10.7 Å². The van der Waals surface area contributed by atoms with Gasteiger partial charge in [0.05, 0.1) is 12.2 Å². The minimum Gasteiger partial charge on any atom is -0.487 e. The maximum absolute atomic E-state index is 13.5. The zero-order chi connectivity index (χ0) is 23.2. The van der Waals surface area contributed by atoms with E-state index in [0.29, 0.717) is 11.4 Å². The number of ether oxygens (including phenoxy) is 1. The van der Waals surface area contributed by atoms with Crippen molar-refractivity contribution in [3.63, 3.8) is 0 Å². The van der Waals surface area contributed by atoms with Gasteiger partial charge in [-0.1, -0.05) is 12.1 Å². The third-order valence-corrected chi connectivity index (χ3v) is 5.75. The minimum atomic E-state index is -0.348. The smallest absolute Gasteiger partial charge is 0.340 e. The lowest BCUT2D eigenvalue weighted by Crippen LogP contribution is -2.40. The molecule has 2 N–H and O–H groups in total.